The number of carbonyl (C=O) groups excluding carboxylic acids is 1. The molecule has 1 N–H and O–H groups in total. The third-order valence-corrected chi connectivity index (χ3v) is 5.71. The van der Waals surface area contributed by atoms with Crippen molar-refractivity contribution in [3.8, 4) is 22.1 Å². The number of methoxy groups -OCH3 is 2. The van der Waals surface area contributed by atoms with E-state index in [1.165, 1.54) is 6.08 Å². The fraction of sp³-hybridized carbons (Fsp3) is 0.200. The van der Waals surface area contributed by atoms with Gasteiger partial charge in [-0.1, -0.05) is 0 Å². The average Bonchev–Trinajstić information content (AvgIpc) is 3.33. The van der Waals surface area contributed by atoms with Crippen LogP contribution in [0.4, 0.5) is 0 Å². The van der Waals surface area contributed by atoms with Gasteiger partial charge < -0.3 is 14.8 Å². The standard InChI is InChI=1S/C20H20N2O3S2/c1-13-22-17(12-26-13)19-8-7-16(27-19)11-21-20(23)9-5-14-4-6-15(24-2)10-18(14)25-3/h4-10,12H,11H2,1-3H3,(H,21,23)/b9-5+. The fourth-order valence-corrected chi connectivity index (χ4v) is 4.04. The number of hydrogen-bond donors (Lipinski definition) is 1. The summed E-state index contributed by atoms with van der Waals surface area (Å²) in [4.78, 5) is 18.8. The van der Waals surface area contributed by atoms with Crippen molar-refractivity contribution in [2.24, 2.45) is 0 Å². The van der Waals surface area contributed by atoms with Gasteiger partial charge in [-0.25, -0.2) is 4.98 Å². The molecule has 0 radical (unpaired) electrons. The first kappa shape index (κ1) is 19.1. The Kier molecular flexibility index (Phi) is 6.26. The van der Waals surface area contributed by atoms with E-state index >= 15 is 0 Å². The highest BCUT2D eigenvalue weighted by Gasteiger charge is 2.07. The molecule has 1 aromatic carbocycles. The minimum atomic E-state index is -0.160. The second kappa shape index (κ2) is 8.83. The predicted octanol–water partition coefficient (Wildman–Crippen LogP) is 4.53. The highest BCUT2D eigenvalue weighted by Crippen LogP contribution is 2.29. The Labute approximate surface area is 166 Å². The normalized spacial score (nSPS) is 10.9. The van der Waals surface area contributed by atoms with E-state index in [2.05, 4.69) is 15.7 Å². The Balaban J connectivity index is 1.58. The van der Waals surface area contributed by atoms with Crippen LogP contribution in [0.3, 0.4) is 0 Å². The Bertz CT molecular complexity index is 960. The number of benzene rings is 1. The van der Waals surface area contributed by atoms with Gasteiger partial charge in [-0.05, 0) is 37.3 Å². The Hall–Kier alpha value is -2.64. The van der Waals surface area contributed by atoms with Gasteiger partial charge in [0.1, 0.15) is 11.5 Å². The monoisotopic (exact) mass is 400 g/mol. The average molecular weight is 401 g/mol. The minimum Gasteiger partial charge on any atom is -0.497 e. The number of hydrogen-bond acceptors (Lipinski definition) is 6. The molecular formula is C20H20N2O3S2. The first-order chi connectivity index (χ1) is 13.1. The van der Waals surface area contributed by atoms with E-state index in [0.717, 1.165) is 26.0 Å². The summed E-state index contributed by atoms with van der Waals surface area (Å²) in [5.41, 5.74) is 1.80. The summed E-state index contributed by atoms with van der Waals surface area (Å²) < 4.78 is 10.5. The molecule has 7 heteroatoms. The third-order valence-electron chi connectivity index (χ3n) is 3.82. The first-order valence-corrected chi connectivity index (χ1v) is 9.98. The van der Waals surface area contributed by atoms with Crippen LogP contribution in [0, 0.1) is 6.92 Å². The van der Waals surface area contributed by atoms with Crippen LogP contribution in [0.15, 0.2) is 41.8 Å². The lowest BCUT2D eigenvalue weighted by Crippen LogP contribution is -2.19. The largest absolute Gasteiger partial charge is 0.497 e. The van der Waals surface area contributed by atoms with Gasteiger partial charge in [0.25, 0.3) is 0 Å². The molecule has 0 fully saturated rings. The lowest BCUT2D eigenvalue weighted by atomic mass is 10.1. The maximum Gasteiger partial charge on any atom is 0.244 e. The summed E-state index contributed by atoms with van der Waals surface area (Å²) in [6.45, 7) is 2.48. The smallest absolute Gasteiger partial charge is 0.244 e. The van der Waals surface area contributed by atoms with E-state index in [-0.39, 0.29) is 5.91 Å². The number of thiophene rings is 1. The molecule has 0 saturated carbocycles. The maximum atomic E-state index is 12.1. The summed E-state index contributed by atoms with van der Waals surface area (Å²) in [6, 6.07) is 9.52. The zero-order valence-corrected chi connectivity index (χ0v) is 16.9. The number of aromatic nitrogens is 1. The summed E-state index contributed by atoms with van der Waals surface area (Å²) >= 11 is 3.27. The van der Waals surface area contributed by atoms with Crippen molar-refractivity contribution >= 4 is 34.7 Å². The lowest BCUT2D eigenvalue weighted by Gasteiger charge is -2.07. The van der Waals surface area contributed by atoms with Crippen LogP contribution in [-0.4, -0.2) is 25.1 Å². The number of rotatable bonds is 7. The number of carbonyl (C=O) groups is 1. The highest BCUT2D eigenvalue weighted by molar-refractivity contribution is 7.16. The van der Waals surface area contributed by atoms with Gasteiger partial charge in [-0.3, -0.25) is 4.79 Å². The quantitative estimate of drug-likeness (QED) is 0.592. The van der Waals surface area contributed by atoms with Gasteiger partial charge in [0.15, 0.2) is 0 Å². The molecule has 3 aromatic rings. The van der Waals surface area contributed by atoms with Crippen LogP contribution < -0.4 is 14.8 Å². The van der Waals surface area contributed by atoms with Crippen molar-refractivity contribution in [3.63, 3.8) is 0 Å². The fourth-order valence-electron chi connectivity index (χ4n) is 2.44. The zero-order valence-electron chi connectivity index (χ0n) is 15.3. The molecule has 0 saturated heterocycles. The molecule has 1 amide bonds. The summed E-state index contributed by atoms with van der Waals surface area (Å²) in [5.74, 6) is 1.20. The number of nitrogens with one attached hydrogen (secondary N) is 1. The van der Waals surface area contributed by atoms with Gasteiger partial charge >= 0.3 is 0 Å². The molecule has 0 spiro atoms. The number of amides is 1. The molecule has 5 nitrogen and oxygen atoms in total. The molecule has 2 aromatic heterocycles. The SMILES string of the molecule is COc1ccc(/C=C/C(=O)NCc2ccc(-c3csc(C)n3)s2)c(OC)c1. The van der Waals surface area contributed by atoms with Crippen molar-refractivity contribution in [3.05, 3.63) is 57.2 Å². The highest BCUT2D eigenvalue weighted by atomic mass is 32.1. The molecule has 2 heterocycles. The van der Waals surface area contributed by atoms with Crippen LogP contribution in [0.1, 0.15) is 15.4 Å². The number of thiazole rings is 1. The zero-order chi connectivity index (χ0) is 19.2. The molecule has 0 atom stereocenters. The van der Waals surface area contributed by atoms with Crippen LogP contribution in [0.25, 0.3) is 16.6 Å². The Morgan fingerprint density at radius 1 is 1.22 bits per heavy atom. The summed E-state index contributed by atoms with van der Waals surface area (Å²) in [6.07, 6.45) is 3.23. The summed E-state index contributed by atoms with van der Waals surface area (Å²) in [7, 11) is 3.19. The van der Waals surface area contributed by atoms with E-state index in [1.807, 2.05) is 31.2 Å². The number of aryl methyl sites for hydroxylation is 1. The van der Waals surface area contributed by atoms with Gasteiger partial charge in [-0.2, -0.15) is 0 Å². The van der Waals surface area contributed by atoms with Gasteiger partial charge in [0, 0.05) is 28.0 Å². The van der Waals surface area contributed by atoms with E-state index in [0.29, 0.717) is 18.0 Å². The van der Waals surface area contributed by atoms with Crippen LogP contribution in [-0.2, 0) is 11.3 Å². The summed E-state index contributed by atoms with van der Waals surface area (Å²) in [5, 5.41) is 6.00. The molecule has 0 aliphatic rings. The van der Waals surface area contributed by atoms with Crippen molar-refractivity contribution in [1.29, 1.82) is 0 Å². The molecule has 0 unspecified atom stereocenters. The Morgan fingerprint density at radius 2 is 2.07 bits per heavy atom. The molecule has 0 aliphatic heterocycles. The van der Waals surface area contributed by atoms with Crippen molar-refractivity contribution < 1.29 is 14.3 Å². The topological polar surface area (TPSA) is 60.5 Å². The number of ether oxygens (including phenoxy) is 2. The minimum absolute atomic E-state index is 0.160. The molecule has 140 valence electrons. The van der Waals surface area contributed by atoms with E-state index in [4.69, 9.17) is 9.47 Å². The van der Waals surface area contributed by atoms with Crippen molar-refractivity contribution in [1.82, 2.24) is 10.3 Å². The molecule has 27 heavy (non-hydrogen) atoms. The first-order valence-electron chi connectivity index (χ1n) is 8.28. The molecule has 3 rings (SSSR count). The van der Waals surface area contributed by atoms with E-state index < -0.39 is 0 Å². The van der Waals surface area contributed by atoms with E-state index in [1.54, 1.807) is 49.0 Å². The second-order valence-corrected chi connectivity index (χ2v) is 7.91. The third kappa shape index (κ3) is 4.96. The maximum absolute atomic E-state index is 12.1. The van der Waals surface area contributed by atoms with Crippen molar-refractivity contribution in [2.45, 2.75) is 13.5 Å². The second-order valence-electron chi connectivity index (χ2n) is 5.68. The molecule has 0 aliphatic carbocycles. The Morgan fingerprint density at radius 3 is 2.78 bits per heavy atom. The van der Waals surface area contributed by atoms with Crippen molar-refractivity contribution in [2.75, 3.05) is 14.2 Å². The van der Waals surface area contributed by atoms with Gasteiger partial charge in [0.2, 0.25) is 5.91 Å². The predicted molar refractivity (Wildman–Crippen MR) is 111 cm³/mol. The van der Waals surface area contributed by atoms with Gasteiger partial charge in [-0.15, -0.1) is 22.7 Å². The van der Waals surface area contributed by atoms with Crippen LogP contribution in [0.2, 0.25) is 0 Å². The van der Waals surface area contributed by atoms with Gasteiger partial charge in [0.05, 0.1) is 36.3 Å². The van der Waals surface area contributed by atoms with E-state index in [9.17, 15) is 4.79 Å². The number of nitrogens with zero attached hydrogens (tertiary/aromatic N) is 1. The molecular weight excluding hydrogens is 380 g/mol. The molecule has 0 bridgehead atoms. The van der Waals surface area contributed by atoms with Crippen LogP contribution in [0.5, 0.6) is 11.5 Å². The van der Waals surface area contributed by atoms with Crippen LogP contribution >= 0.6 is 22.7 Å². The lowest BCUT2D eigenvalue weighted by molar-refractivity contribution is -0.116.